The van der Waals surface area contributed by atoms with Gasteiger partial charge in [-0.15, -0.1) is 0 Å². The Morgan fingerprint density at radius 1 is 0.772 bits per heavy atom. The number of aliphatic carboxylic acids is 1. The summed E-state index contributed by atoms with van der Waals surface area (Å²) >= 11 is 0. The van der Waals surface area contributed by atoms with Crippen LogP contribution in [0.5, 0.6) is 0 Å². The number of rotatable bonds is 21. The highest BCUT2D eigenvalue weighted by Gasteiger charge is 2.26. The number of aryl methyl sites for hydroxylation is 2. The van der Waals surface area contributed by atoms with Crippen LogP contribution in [0.4, 0.5) is 11.4 Å². The molecule has 306 valence electrons. The Morgan fingerprint density at radius 2 is 1.47 bits per heavy atom. The summed E-state index contributed by atoms with van der Waals surface area (Å²) in [6, 6.07) is 20.5. The molecule has 0 aromatic heterocycles. The Hall–Kier alpha value is -5.15. The SMILES string of the molecule is N=C(OC(=N)c1cc(N2CCCCC2)ccc1NC(=O)c1cccc(CCCOCCOCCOCCOCCC(=O)O)c1)C(=O)N[C@H]1CCCc2ccccc21. The first kappa shape index (κ1) is 43.0. The number of carboxylic acid groups (broad SMARTS) is 1. The Morgan fingerprint density at radius 3 is 2.21 bits per heavy atom. The van der Waals surface area contributed by atoms with Gasteiger partial charge in [-0.2, -0.15) is 0 Å². The van der Waals surface area contributed by atoms with Crippen molar-refractivity contribution < 1.29 is 43.2 Å². The number of ether oxygens (including phenoxy) is 5. The molecule has 1 fully saturated rings. The summed E-state index contributed by atoms with van der Waals surface area (Å²) in [6.45, 7) is 4.86. The van der Waals surface area contributed by atoms with Crippen LogP contribution in [0.25, 0.3) is 0 Å². The number of anilines is 2. The predicted molar refractivity (Wildman–Crippen MR) is 217 cm³/mol. The van der Waals surface area contributed by atoms with E-state index in [0.717, 1.165) is 74.8 Å². The smallest absolute Gasteiger partial charge is 0.307 e. The average molecular weight is 786 g/mol. The van der Waals surface area contributed by atoms with Crippen molar-refractivity contribution in [1.29, 1.82) is 10.8 Å². The summed E-state index contributed by atoms with van der Waals surface area (Å²) in [5, 5.41) is 31.8. The fourth-order valence-electron chi connectivity index (χ4n) is 6.87. The van der Waals surface area contributed by atoms with E-state index >= 15 is 0 Å². The highest BCUT2D eigenvalue weighted by atomic mass is 16.6. The van der Waals surface area contributed by atoms with E-state index in [-0.39, 0.29) is 30.5 Å². The van der Waals surface area contributed by atoms with Crippen LogP contribution in [0.2, 0.25) is 0 Å². The van der Waals surface area contributed by atoms with Gasteiger partial charge in [0.05, 0.1) is 70.0 Å². The quantitative estimate of drug-likeness (QED) is 0.0492. The second-order valence-electron chi connectivity index (χ2n) is 14.0. The number of carboxylic acids is 1. The molecule has 14 heteroatoms. The second kappa shape index (κ2) is 23.2. The molecule has 1 heterocycles. The summed E-state index contributed by atoms with van der Waals surface area (Å²) in [7, 11) is 0. The van der Waals surface area contributed by atoms with Gasteiger partial charge < -0.3 is 44.3 Å². The summed E-state index contributed by atoms with van der Waals surface area (Å²) in [5.74, 6) is -3.04. The monoisotopic (exact) mass is 785 g/mol. The normalized spacial score (nSPS) is 15.0. The van der Waals surface area contributed by atoms with E-state index in [1.165, 1.54) is 5.56 Å². The number of fused-ring (bicyclic) bond motifs is 1. The van der Waals surface area contributed by atoms with E-state index in [9.17, 15) is 14.4 Å². The van der Waals surface area contributed by atoms with Crippen LogP contribution < -0.4 is 15.5 Å². The van der Waals surface area contributed by atoms with Crippen LogP contribution in [0, 0.1) is 10.8 Å². The van der Waals surface area contributed by atoms with Gasteiger partial charge in [-0.1, -0.05) is 36.4 Å². The van der Waals surface area contributed by atoms with Crippen molar-refractivity contribution >= 4 is 41.0 Å². The molecule has 3 aromatic rings. The average Bonchev–Trinajstić information content (AvgIpc) is 3.22. The zero-order valence-corrected chi connectivity index (χ0v) is 32.5. The minimum absolute atomic E-state index is 0.0249. The van der Waals surface area contributed by atoms with Crippen LogP contribution in [0.15, 0.2) is 66.7 Å². The minimum Gasteiger partial charge on any atom is -0.481 e. The summed E-state index contributed by atoms with van der Waals surface area (Å²) in [5.41, 5.74) is 5.14. The maximum absolute atomic E-state index is 13.6. The van der Waals surface area contributed by atoms with E-state index < -0.39 is 23.7 Å². The molecular weight excluding hydrogens is 730 g/mol. The van der Waals surface area contributed by atoms with Crippen molar-refractivity contribution in [2.45, 2.75) is 63.8 Å². The first-order valence-electron chi connectivity index (χ1n) is 19.8. The zero-order chi connectivity index (χ0) is 40.2. The maximum Gasteiger partial charge on any atom is 0.307 e. The van der Waals surface area contributed by atoms with Gasteiger partial charge in [0.1, 0.15) is 0 Å². The molecule has 0 unspecified atom stereocenters. The van der Waals surface area contributed by atoms with E-state index in [1.807, 2.05) is 42.5 Å². The van der Waals surface area contributed by atoms with Crippen molar-refractivity contribution in [3.63, 3.8) is 0 Å². The minimum atomic E-state index is -0.890. The summed E-state index contributed by atoms with van der Waals surface area (Å²) in [6.07, 6.45) is 7.32. The Bertz CT molecular complexity index is 1810. The van der Waals surface area contributed by atoms with Crippen LogP contribution in [0.1, 0.15) is 83.6 Å². The van der Waals surface area contributed by atoms with Gasteiger partial charge in [-0.25, -0.2) is 0 Å². The molecule has 3 aromatic carbocycles. The fourth-order valence-corrected chi connectivity index (χ4v) is 6.87. The Labute approximate surface area is 334 Å². The molecule has 1 saturated heterocycles. The Balaban J connectivity index is 1.09. The number of nitrogens with one attached hydrogen (secondary N) is 4. The number of carbonyl (C=O) groups is 3. The number of carbonyl (C=O) groups excluding carboxylic acids is 2. The van der Waals surface area contributed by atoms with E-state index in [1.54, 1.807) is 18.2 Å². The molecule has 2 aliphatic rings. The molecule has 1 atom stereocenters. The van der Waals surface area contributed by atoms with Gasteiger partial charge in [0.15, 0.2) is 0 Å². The van der Waals surface area contributed by atoms with Crippen molar-refractivity contribution in [1.82, 2.24) is 5.32 Å². The topological polar surface area (TPSA) is 193 Å². The third-order valence-corrected chi connectivity index (χ3v) is 9.82. The van der Waals surface area contributed by atoms with E-state index in [4.69, 9.17) is 39.6 Å². The van der Waals surface area contributed by atoms with Crippen molar-refractivity contribution in [2.24, 2.45) is 0 Å². The lowest BCUT2D eigenvalue weighted by molar-refractivity contribution is -0.138. The highest BCUT2D eigenvalue weighted by Crippen LogP contribution is 2.30. The lowest BCUT2D eigenvalue weighted by Gasteiger charge is -2.29. The second-order valence-corrected chi connectivity index (χ2v) is 14.0. The molecule has 5 rings (SSSR count). The number of amides is 2. The summed E-state index contributed by atoms with van der Waals surface area (Å²) in [4.78, 5) is 39.4. The van der Waals surface area contributed by atoms with Gasteiger partial charge in [-0.05, 0) is 98.4 Å². The molecule has 0 radical (unpaired) electrons. The number of nitrogens with zero attached hydrogens (tertiary/aromatic N) is 1. The van der Waals surface area contributed by atoms with Crippen LogP contribution in [0.3, 0.4) is 0 Å². The molecule has 14 nitrogen and oxygen atoms in total. The highest BCUT2D eigenvalue weighted by molar-refractivity contribution is 6.36. The van der Waals surface area contributed by atoms with Gasteiger partial charge in [0, 0.05) is 30.9 Å². The first-order valence-corrected chi connectivity index (χ1v) is 19.8. The molecule has 0 saturated carbocycles. The zero-order valence-electron chi connectivity index (χ0n) is 32.5. The predicted octanol–water partition coefficient (Wildman–Crippen LogP) is 5.92. The van der Waals surface area contributed by atoms with Gasteiger partial charge in [-0.3, -0.25) is 25.2 Å². The lowest BCUT2D eigenvalue weighted by atomic mass is 9.88. The van der Waals surface area contributed by atoms with Crippen LogP contribution in [-0.4, -0.2) is 101 Å². The molecule has 57 heavy (non-hydrogen) atoms. The number of hydrogen-bond acceptors (Lipinski definition) is 11. The van der Waals surface area contributed by atoms with Gasteiger partial charge in [0.2, 0.25) is 5.90 Å². The summed E-state index contributed by atoms with van der Waals surface area (Å²) < 4.78 is 27.3. The molecule has 2 amide bonds. The number of benzene rings is 3. The van der Waals surface area contributed by atoms with E-state index in [0.29, 0.717) is 63.9 Å². The third-order valence-electron chi connectivity index (χ3n) is 9.82. The standard InChI is InChI=1S/C43H55N5O9/c44-40(57-41(45)43(52)47-37-15-7-12-32-11-2-3-14-35(32)37)36-30-34(48-19-4-1-5-20-48)16-17-38(36)46-42(51)33-13-6-9-31(29-33)10-8-21-53-23-25-55-27-28-56-26-24-54-22-18-39(49)50/h2-3,6,9,11,13-14,16-17,29-30,37,44-45H,1,4-5,7-8,10,12,15,18-28H2,(H,46,51)(H,47,52)(H,49,50)/t37-/m0/s1. The van der Waals surface area contributed by atoms with Gasteiger partial charge >= 0.3 is 11.9 Å². The van der Waals surface area contributed by atoms with Gasteiger partial charge in [0.25, 0.3) is 11.8 Å². The fraction of sp³-hybridized carbons (Fsp3) is 0.465. The number of hydrogen-bond donors (Lipinski definition) is 5. The van der Waals surface area contributed by atoms with Crippen molar-refractivity contribution in [3.8, 4) is 0 Å². The molecule has 1 aliphatic carbocycles. The maximum atomic E-state index is 13.6. The molecule has 0 spiro atoms. The largest absolute Gasteiger partial charge is 0.481 e. The third kappa shape index (κ3) is 14.1. The first-order chi connectivity index (χ1) is 27.8. The van der Waals surface area contributed by atoms with Crippen LogP contribution in [-0.2, 0) is 46.1 Å². The number of piperidine rings is 1. The molecule has 1 aliphatic heterocycles. The van der Waals surface area contributed by atoms with Crippen LogP contribution >= 0.6 is 0 Å². The van der Waals surface area contributed by atoms with E-state index in [2.05, 4.69) is 21.6 Å². The van der Waals surface area contributed by atoms with Crippen molar-refractivity contribution in [3.05, 3.63) is 94.5 Å². The molecule has 5 N–H and O–H groups in total. The molecular formula is C43H55N5O9. The van der Waals surface area contributed by atoms with Crippen molar-refractivity contribution in [2.75, 3.05) is 76.2 Å². The Kier molecular flexibility index (Phi) is 17.5. The lowest BCUT2D eigenvalue weighted by Crippen LogP contribution is -2.37. The molecule has 0 bridgehead atoms.